The molecule has 2 heterocycles. The fraction of sp³-hybridized carbons (Fsp3) is 0.125. The van der Waals surface area contributed by atoms with E-state index in [1.807, 2.05) is 24.5 Å². The molecule has 32 heavy (non-hydrogen) atoms. The first-order valence-electron chi connectivity index (χ1n) is 9.80. The van der Waals surface area contributed by atoms with Gasteiger partial charge >= 0.3 is 0 Å². The average Bonchev–Trinajstić information content (AvgIpc) is 3.01. The summed E-state index contributed by atoms with van der Waals surface area (Å²) in [6.45, 7) is 5.49. The third kappa shape index (κ3) is 3.85. The maximum Gasteiger partial charge on any atom is 0.270 e. The zero-order valence-corrected chi connectivity index (χ0v) is 19.1. The monoisotopic (exact) mass is 467 g/mol. The van der Waals surface area contributed by atoms with Gasteiger partial charge in [0.25, 0.3) is 11.8 Å². The van der Waals surface area contributed by atoms with Crippen LogP contribution in [0.15, 0.2) is 54.1 Å². The lowest BCUT2D eigenvalue weighted by molar-refractivity contribution is -0.122. The van der Waals surface area contributed by atoms with Crippen LogP contribution in [0.1, 0.15) is 22.5 Å². The minimum atomic E-state index is -0.562. The Morgan fingerprint density at radius 3 is 2.31 bits per heavy atom. The van der Waals surface area contributed by atoms with Crippen molar-refractivity contribution < 1.29 is 14.0 Å². The molecule has 1 aromatic heterocycles. The molecule has 1 saturated heterocycles. The minimum absolute atomic E-state index is 0.00623. The molecule has 0 bridgehead atoms. The van der Waals surface area contributed by atoms with Crippen LogP contribution in [0.3, 0.4) is 0 Å². The first-order chi connectivity index (χ1) is 15.2. The van der Waals surface area contributed by atoms with E-state index in [9.17, 15) is 14.0 Å². The molecule has 0 atom stereocenters. The number of carbonyl (C=O) groups is 2. The summed E-state index contributed by atoms with van der Waals surface area (Å²) in [5, 5.41) is 3.10. The Hall–Kier alpha value is -3.29. The summed E-state index contributed by atoms with van der Waals surface area (Å²) in [7, 11) is 0. The van der Waals surface area contributed by atoms with Crippen molar-refractivity contribution in [3.8, 4) is 5.69 Å². The summed E-state index contributed by atoms with van der Waals surface area (Å²) in [6.07, 6.45) is 1.55. The normalized spacial score (nSPS) is 15.5. The molecule has 1 N–H and O–H groups in total. The van der Waals surface area contributed by atoms with E-state index >= 15 is 0 Å². The van der Waals surface area contributed by atoms with E-state index in [0.717, 1.165) is 17.1 Å². The molecule has 1 aliphatic heterocycles. The average molecular weight is 468 g/mol. The molecule has 0 saturated carbocycles. The fourth-order valence-electron chi connectivity index (χ4n) is 3.74. The third-order valence-electron chi connectivity index (χ3n) is 5.36. The number of carbonyl (C=O) groups excluding carboxylic acids is 2. The van der Waals surface area contributed by atoms with Gasteiger partial charge in [0.2, 0.25) is 0 Å². The number of amides is 2. The highest BCUT2D eigenvalue weighted by atomic mass is 35.5. The predicted molar refractivity (Wildman–Crippen MR) is 128 cm³/mol. The van der Waals surface area contributed by atoms with E-state index < -0.39 is 11.8 Å². The van der Waals surface area contributed by atoms with Crippen LogP contribution in [0, 0.1) is 26.6 Å². The smallest absolute Gasteiger partial charge is 0.270 e. The molecule has 8 heteroatoms. The predicted octanol–water partition coefficient (Wildman–Crippen LogP) is 5.03. The standard InChI is InChI=1S/C24H19ClFN3O2S/c1-13-10-19(8-9-21(13)26)28-14(2)11-16(15(28)3)12-20-22(30)27-24(32)29(23(20)31)18-6-4-17(25)5-7-18/h4-12H,1-3H3,(H,27,30,32). The minimum Gasteiger partial charge on any atom is -0.318 e. The molecular weight excluding hydrogens is 449 g/mol. The van der Waals surface area contributed by atoms with Gasteiger partial charge in [-0.05, 0) is 98.7 Å². The number of benzene rings is 2. The molecular formula is C24H19ClFN3O2S. The number of anilines is 1. The van der Waals surface area contributed by atoms with Crippen molar-refractivity contribution in [2.45, 2.75) is 20.8 Å². The topological polar surface area (TPSA) is 54.3 Å². The largest absolute Gasteiger partial charge is 0.318 e. The van der Waals surface area contributed by atoms with Gasteiger partial charge in [-0.1, -0.05) is 11.6 Å². The number of nitrogens with one attached hydrogen (secondary N) is 1. The van der Waals surface area contributed by atoms with Gasteiger partial charge in [0.05, 0.1) is 5.69 Å². The second-order valence-corrected chi connectivity index (χ2v) is 8.35. The van der Waals surface area contributed by atoms with Crippen LogP contribution in [0.25, 0.3) is 11.8 Å². The highest BCUT2D eigenvalue weighted by Gasteiger charge is 2.34. The van der Waals surface area contributed by atoms with E-state index in [-0.39, 0.29) is 16.5 Å². The second-order valence-electron chi connectivity index (χ2n) is 7.53. The molecule has 3 aromatic rings. The number of thiocarbonyl (C=S) groups is 1. The first kappa shape index (κ1) is 21.9. The Labute approximate surface area is 195 Å². The summed E-state index contributed by atoms with van der Waals surface area (Å²) in [5.74, 6) is -1.36. The lowest BCUT2D eigenvalue weighted by Gasteiger charge is -2.28. The molecule has 0 spiro atoms. The van der Waals surface area contributed by atoms with Crippen LogP contribution in [0.5, 0.6) is 0 Å². The number of rotatable bonds is 3. The maximum atomic E-state index is 13.7. The Morgan fingerprint density at radius 1 is 1.00 bits per heavy atom. The molecule has 2 aromatic carbocycles. The summed E-state index contributed by atoms with van der Waals surface area (Å²) in [6, 6.07) is 13.3. The number of hydrogen-bond acceptors (Lipinski definition) is 3. The Bertz CT molecular complexity index is 1310. The molecule has 2 amide bonds. The molecule has 5 nitrogen and oxygen atoms in total. The van der Waals surface area contributed by atoms with Crippen LogP contribution in [-0.2, 0) is 9.59 Å². The number of aromatic nitrogens is 1. The molecule has 1 fully saturated rings. The van der Waals surface area contributed by atoms with Crippen molar-refractivity contribution >= 4 is 52.5 Å². The van der Waals surface area contributed by atoms with E-state index in [4.69, 9.17) is 23.8 Å². The van der Waals surface area contributed by atoms with Crippen molar-refractivity contribution in [2.75, 3.05) is 4.90 Å². The van der Waals surface area contributed by atoms with Crippen molar-refractivity contribution in [1.82, 2.24) is 9.88 Å². The fourth-order valence-corrected chi connectivity index (χ4v) is 4.14. The second kappa shape index (κ2) is 8.33. The molecule has 4 rings (SSSR count). The van der Waals surface area contributed by atoms with E-state index in [1.54, 1.807) is 49.4 Å². The van der Waals surface area contributed by atoms with E-state index in [2.05, 4.69) is 5.32 Å². The number of halogens is 2. The van der Waals surface area contributed by atoms with Crippen molar-refractivity contribution in [1.29, 1.82) is 0 Å². The highest BCUT2D eigenvalue weighted by Crippen LogP contribution is 2.27. The maximum absolute atomic E-state index is 13.7. The van der Waals surface area contributed by atoms with Crippen LogP contribution < -0.4 is 10.2 Å². The summed E-state index contributed by atoms with van der Waals surface area (Å²) in [5.41, 5.74) is 4.19. The van der Waals surface area contributed by atoms with Gasteiger partial charge in [0.15, 0.2) is 5.11 Å². The van der Waals surface area contributed by atoms with Gasteiger partial charge < -0.3 is 4.57 Å². The van der Waals surface area contributed by atoms with Crippen molar-refractivity contribution in [3.05, 3.63) is 87.5 Å². The highest BCUT2D eigenvalue weighted by molar-refractivity contribution is 7.80. The lowest BCUT2D eigenvalue weighted by atomic mass is 10.1. The number of aryl methyl sites for hydroxylation is 2. The molecule has 0 aliphatic carbocycles. The lowest BCUT2D eigenvalue weighted by Crippen LogP contribution is -2.54. The zero-order valence-electron chi connectivity index (χ0n) is 17.6. The number of nitrogens with zero attached hydrogens (tertiary/aromatic N) is 2. The van der Waals surface area contributed by atoms with Gasteiger partial charge in [0, 0.05) is 22.1 Å². The van der Waals surface area contributed by atoms with Gasteiger partial charge in [-0.15, -0.1) is 0 Å². The summed E-state index contributed by atoms with van der Waals surface area (Å²) in [4.78, 5) is 27.1. The zero-order chi connectivity index (χ0) is 23.2. The SMILES string of the molecule is Cc1cc(-n2c(C)cc(C=C3C(=O)NC(=S)N(c4ccc(Cl)cc4)C3=O)c2C)ccc1F. The van der Waals surface area contributed by atoms with Crippen LogP contribution in [0.2, 0.25) is 5.02 Å². The van der Waals surface area contributed by atoms with Crippen molar-refractivity contribution in [3.63, 3.8) is 0 Å². The Kier molecular flexibility index (Phi) is 5.71. The van der Waals surface area contributed by atoms with Gasteiger partial charge in [-0.3, -0.25) is 19.8 Å². The van der Waals surface area contributed by atoms with Gasteiger partial charge in [0.1, 0.15) is 11.4 Å². The number of hydrogen-bond donors (Lipinski definition) is 1. The molecule has 0 unspecified atom stereocenters. The first-order valence-corrected chi connectivity index (χ1v) is 10.6. The van der Waals surface area contributed by atoms with Crippen molar-refractivity contribution in [2.24, 2.45) is 0 Å². The summed E-state index contributed by atoms with van der Waals surface area (Å²) >= 11 is 11.2. The molecule has 1 aliphatic rings. The molecule has 162 valence electrons. The quantitative estimate of drug-likeness (QED) is 0.334. The Morgan fingerprint density at radius 2 is 1.66 bits per heavy atom. The molecule has 0 radical (unpaired) electrons. The van der Waals surface area contributed by atoms with Crippen LogP contribution in [0.4, 0.5) is 10.1 Å². The van der Waals surface area contributed by atoms with Crippen LogP contribution in [-0.4, -0.2) is 21.5 Å². The van der Waals surface area contributed by atoms with E-state index in [0.29, 0.717) is 21.8 Å². The van der Waals surface area contributed by atoms with Gasteiger partial charge in [-0.2, -0.15) is 0 Å². The Balaban J connectivity index is 1.76. The van der Waals surface area contributed by atoms with Crippen LogP contribution >= 0.6 is 23.8 Å². The van der Waals surface area contributed by atoms with E-state index in [1.165, 1.54) is 11.0 Å². The summed E-state index contributed by atoms with van der Waals surface area (Å²) < 4.78 is 15.7. The van der Waals surface area contributed by atoms with Gasteiger partial charge in [-0.25, -0.2) is 4.39 Å². The third-order valence-corrected chi connectivity index (χ3v) is 5.89.